The lowest BCUT2D eigenvalue weighted by Crippen LogP contribution is -2.49. The molecule has 0 radical (unpaired) electrons. The number of alkyl halides is 1. The van der Waals surface area contributed by atoms with Gasteiger partial charge < -0.3 is 10.1 Å². The van der Waals surface area contributed by atoms with Crippen LogP contribution in [0.5, 0.6) is 0 Å². The summed E-state index contributed by atoms with van der Waals surface area (Å²) in [5, 5.41) is 4.91. The number of rotatable bonds is 6. The third kappa shape index (κ3) is 6.01. The van der Waals surface area contributed by atoms with E-state index in [1.54, 1.807) is 6.92 Å². The smallest absolute Gasteiger partial charge is 0.315 e. The molecule has 0 bridgehead atoms. The fraction of sp³-hybridized carbons (Fsp3) is 0.778. The Bertz CT molecular complexity index is 221. The molecule has 1 unspecified atom stereocenters. The molecule has 1 amide bonds. The third-order valence-corrected chi connectivity index (χ3v) is 1.70. The molecular weight excluding hydrogens is 203 g/mol. The van der Waals surface area contributed by atoms with E-state index in [0.717, 1.165) is 0 Å². The Morgan fingerprint density at radius 1 is 1.47 bits per heavy atom. The predicted octanol–water partition coefficient (Wildman–Crippen LogP) is -0.0407. The number of amides is 1. The van der Waals surface area contributed by atoms with Crippen molar-refractivity contribution < 1.29 is 18.7 Å². The van der Waals surface area contributed by atoms with Gasteiger partial charge in [-0.1, -0.05) is 0 Å². The highest BCUT2D eigenvalue weighted by atomic mass is 19.1. The van der Waals surface area contributed by atoms with E-state index in [1.165, 1.54) is 14.0 Å². The number of hydrogen-bond acceptors (Lipinski definition) is 4. The quantitative estimate of drug-likeness (QED) is 0.374. The predicted molar refractivity (Wildman–Crippen MR) is 52.8 cm³/mol. The number of carbonyl (C=O) groups excluding carboxylic acids is 2. The number of esters is 1. The van der Waals surface area contributed by atoms with E-state index in [-0.39, 0.29) is 6.61 Å². The molecule has 0 aromatic heterocycles. The van der Waals surface area contributed by atoms with Gasteiger partial charge in [0.05, 0.1) is 6.61 Å². The first-order chi connectivity index (χ1) is 7.01. The van der Waals surface area contributed by atoms with E-state index in [0.29, 0.717) is 0 Å². The SMILES string of the molecule is CCOC(=O)CC(=O)NC(NC)[C@@H](C)F. The van der Waals surface area contributed by atoms with Crippen molar-refractivity contribution in [2.45, 2.75) is 32.6 Å². The van der Waals surface area contributed by atoms with Crippen LogP contribution < -0.4 is 10.6 Å². The van der Waals surface area contributed by atoms with Crippen LogP contribution in [0.1, 0.15) is 20.3 Å². The van der Waals surface area contributed by atoms with Gasteiger partial charge in [-0.2, -0.15) is 0 Å². The van der Waals surface area contributed by atoms with E-state index in [2.05, 4.69) is 15.4 Å². The number of nitrogens with one attached hydrogen (secondary N) is 2. The molecular formula is C9H17FN2O3. The number of hydrogen-bond donors (Lipinski definition) is 2. The molecule has 0 saturated heterocycles. The second-order valence-corrected chi connectivity index (χ2v) is 2.99. The summed E-state index contributed by atoms with van der Waals surface area (Å²) in [6.45, 7) is 3.18. The summed E-state index contributed by atoms with van der Waals surface area (Å²) in [6, 6.07) is 0. The van der Waals surface area contributed by atoms with Crippen molar-refractivity contribution in [1.29, 1.82) is 0 Å². The van der Waals surface area contributed by atoms with Gasteiger partial charge in [0.15, 0.2) is 0 Å². The first-order valence-corrected chi connectivity index (χ1v) is 4.77. The van der Waals surface area contributed by atoms with Gasteiger partial charge in [0, 0.05) is 0 Å². The molecule has 0 rings (SSSR count). The Morgan fingerprint density at radius 3 is 2.47 bits per heavy atom. The van der Waals surface area contributed by atoms with E-state index in [9.17, 15) is 14.0 Å². The molecule has 0 aliphatic heterocycles. The molecule has 0 aliphatic carbocycles. The lowest BCUT2D eigenvalue weighted by molar-refractivity contribution is -0.146. The van der Waals surface area contributed by atoms with Crippen molar-refractivity contribution >= 4 is 11.9 Å². The molecule has 0 aromatic rings. The summed E-state index contributed by atoms with van der Waals surface area (Å²) in [5.74, 6) is -1.17. The highest BCUT2D eigenvalue weighted by Gasteiger charge is 2.18. The van der Waals surface area contributed by atoms with Crippen LogP contribution >= 0.6 is 0 Å². The van der Waals surface area contributed by atoms with Gasteiger partial charge in [0.2, 0.25) is 5.91 Å². The average Bonchev–Trinajstić information content (AvgIpc) is 2.13. The summed E-state index contributed by atoms with van der Waals surface area (Å²) >= 11 is 0. The lowest BCUT2D eigenvalue weighted by atomic mass is 10.3. The van der Waals surface area contributed by atoms with Crippen molar-refractivity contribution in [3.05, 3.63) is 0 Å². The molecule has 0 heterocycles. The minimum Gasteiger partial charge on any atom is -0.466 e. The van der Waals surface area contributed by atoms with Crippen LogP contribution in [0.4, 0.5) is 4.39 Å². The summed E-state index contributed by atoms with van der Waals surface area (Å²) < 4.78 is 17.4. The van der Waals surface area contributed by atoms with E-state index in [4.69, 9.17) is 0 Å². The Kier molecular flexibility index (Phi) is 6.61. The fourth-order valence-electron chi connectivity index (χ4n) is 0.984. The first kappa shape index (κ1) is 13.8. The molecule has 88 valence electrons. The van der Waals surface area contributed by atoms with Crippen molar-refractivity contribution in [2.24, 2.45) is 0 Å². The summed E-state index contributed by atoms with van der Waals surface area (Å²) in [6.07, 6.45) is -2.41. The number of ether oxygens (including phenoxy) is 1. The van der Waals surface area contributed by atoms with Crippen LogP contribution in [-0.2, 0) is 14.3 Å². The Hall–Kier alpha value is -1.17. The number of halogens is 1. The Morgan fingerprint density at radius 2 is 2.07 bits per heavy atom. The highest BCUT2D eigenvalue weighted by molar-refractivity contribution is 5.94. The number of carbonyl (C=O) groups is 2. The van der Waals surface area contributed by atoms with E-state index < -0.39 is 30.6 Å². The molecule has 0 saturated carbocycles. The topological polar surface area (TPSA) is 67.4 Å². The summed E-state index contributed by atoms with van der Waals surface area (Å²) in [5.41, 5.74) is 0. The minimum atomic E-state index is -1.24. The van der Waals surface area contributed by atoms with E-state index >= 15 is 0 Å². The normalized spacial score (nSPS) is 14.1. The van der Waals surface area contributed by atoms with Gasteiger partial charge in [-0.05, 0) is 20.9 Å². The van der Waals surface area contributed by atoms with Crippen LogP contribution in [-0.4, -0.2) is 37.9 Å². The maximum atomic E-state index is 12.8. The van der Waals surface area contributed by atoms with Crippen LogP contribution in [0.25, 0.3) is 0 Å². The Labute approximate surface area is 88.4 Å². The second-order valence-electron chi connectivity index (χ2n) is 2.99. The zero-order chi connectivity index (χ0) is 11.8. The maximum Gasteiger partial charge on any atom is 0.315 e. The third-order valence-electron chi connectivity index (χ3n) is 1.70. The van der Waals surface area contributed by atoms with Gasteiger partial charge in [-0.25, -0.2) is 4.39 Å². The van der Waals surface area contributed by atoms with Crippen LogP contribution in [0.2, 0.25) is 0 Å². The highest BCUT2D eigenvalue weighted by Crippen LogP contribution is 1.95. The molecule has 0 fully saturated rings. The zero-order valence-corrected chi connectivity index (χ0v) is 9.17. The molecule has 5 nitrogen and oxygen atoms in total. The first-order valence-electron chi connectivity index (χ1n) is 4.77. The molecule has 6 heteroatoms. The molecule has 0 spiro atoms. The zero-order valence-electron chi connectivity index (χ0n) is 9.17. The van der Waals surface area contributed by atoms with Gasteiger partial charge in [0.1, 0.15) is 18.8 Å². The van der Waals surface area contributed by atoms with Crippen LogP contribution in [0.3, 0.4) is 0 Å². The molecule has 0 aliphatic rings. The molecule has 15 heavy (non-hydrogen) atoms. The van der Waals surface area contributed by atoms with Gasteiger partial charge in [-0.3, -0.25) is 14.9 Å². The van der Waals surface area contributed by atoms with Crippen LogP contribution in [0.15, 0.2) is 0 Å². The Balaban J connectivity index is 3.96. The fourth-order valence-corrected chi connectivity index (χ4v) is 0.984. The second kappa shape index (κ2) is 7.17. The lowest BCUT2D eigenvalue weighted by Gasteiger charge is -2.18. The van der Waals surface area contributed by atoms with E-state index in [1.807, 2.05) is 0 Å². The van der Waals surface area contributed by atoms with Crippen molar-refractivity contribution in [1.82, 2.24) is 10.6 Å². The largest absolute Gasteiger partial charge is 0.466 e. The van der Waals surface area contributed by atoms with Gasteiger partial charge in [0.25, 0.3) is 0 Å². The molecule has 2 N–H and O–H groups in total. The summed E-state index contributed by atoms with van der Waals surface area (Å²) in [7, 11) is 1.52. The molecule has 2 atom stereocenters. The van der Waals surface area contributed by atoms with Crippen LogP contribution in [0, 0.1) is 0 Å². The average molecular weight is 220 g/mol. The minimum absolute atomic E-state index is 0.223. The monoisotopic (exact) mass is 220 g/mol. The van der Waals surface area contributed by atoms with Crippen molar-refractivity contribution in [3.8, 4) is 0 Å². The summed E-state index contributed by atoms with van der Waals surface area (Å²) in [4.78, 5) is 22.1. The van der Waals surface area contributed by atoms with Gasteiger partial charge in [-0.15, -0.1) is 0 Å². The van der Waals surface area contributed by atoms with Crippen molar-refractivity contribution in [3.63, 3.8) is 0 Å². The van der Waals surface area contributed by atoms with Crippen molar-refractivity contribution in [2.75, 3.05) is 13.7 Å². The molecule has 0 aromatic carbocycles. The maximum absolute atomic E-state index is 12.8. The van der Waals surface area contributed by atoms with Gasteiger partial charge >= 0.3 is 5.97 Å². The standard InChI is InChI=1S/C9H17FN2O3/c1-4-15-8(14)5-7(13)12-9(11-3)6(2)10/h6,9,11H,4-5H2,1-3H3,(H,12,13)/t6-,9?/m1/s1.